The van der Waals surface area contributed by atoms with Gasteiger partial charge in [-0.25, -0.2) is 0 Å². The molecule has 3 heterocycles. The minimum atomic E-state index is 0.452. The van der Waals surface area contributed by atoms with Gasteiger partial charge >= 0.3 is 0 Å². The Hall–Kier alpha value is -0.800. The van der Waals surface area contributed by atoms with Crippen LogP contribution in [0.5, 0.6) is 0 Å². The van der Waals surface area contributed by atoms with E-state index < -0.39 is 0 Å². The predicted molar refractivity (Wildman–Crippen MR) is 68.4 cm³/mol. The summed E-state index contributed by atoms with van der Waals surface area (Å²) < 4.78 is 11.8. The van der Waals surface area contributed by atoms with Crippen LogP contribution in [0.15, 0.2) is 16.5 Å². The van der Waals surface area contributed by atoms with Gasteiger partial charge in [-0.2, -0.15) is 0 Å². The zero-order chi connectivity index (χ0) is 12.1. The molecule has 1 aromatic rings. The van der Waals surface area contributed by atoms with Gasteiger partial charge in [0.2, 0.25) is 0 Å². The molecule has 3 fully saturated rings. The standard InChI is InChI=1S/C15H21NO2/c1-9-6-12(9)14-4-3-11(18-14)8-16-13-7-10-2-5-15(13)17-10/h3-4,9-10,12-13,15-16H,2,5-8H2,1H3. The quantitative estimate of drug-likeness (QED) is 0.888. The molecule has 2 aliphatic heterocycles. The average Bonchev–Trinajstić information content (AvgIpc) is 2.85. The van der Waals surface area contributed by atoms with E-state index in [4.69, 9.17) is 9.15 Å². The maximum Gasteiger partial charge on any atom is 0.117 e. The number of hydrogen-bond acceptors (Lipinski definition) is 3. The first-order valence-electron chi connectivity index (χ1n) is 7.27. The minimum absolute atomic E-state index is 0.452. The van der Waals surface area contributed by atoms with Crippen LogP contribution in [0.1, 0.15) is 50.0 Å². The third kappa shape index (κ3) is 1.90. The lowest BCUT2D eigenvalue weighted by Gasteiger charge is -2.19. The van der Waals surface area contributed by atoms with Gasteiger partial charge in [-0.05, 0) is 43.7 Å². The normalized spacial score (nSPS) is 41.5. The van der Waals surface area contributed by atoms with Crippen molar-refractivity contribution in [2.75, 3.05) is 0 Å². The van der Waals surface area contributed by atoms with Crippen LogP contribution < -0.4 is 5.32 Å². The van der Waals surface area contributed by atoms with E-state index in [0.717, 1.165) is 18.2 Å². The molecule has 0 amide bonds. The fourth-order valence-corrected chi connectivity index (χ4v) is 3.49. The molecule has 3 aliphatic rings. The summed E-state index contributed by atoms with van der Waals surface area (Å²) in [4.78, 5) is 0. The van der Waals surface area contributed by atoms with Gasteiger partial charge in [0.05, 0.1) is 18.8 Å². The monoisotopic (exact) mass is 247 g/mol. The molecule has 1 N–H and O–H groups in total. The molecule has 1 saturated carbocycles. The van der Waals surface area contributed by atoms with Crippen molar-refractivity contribution >= 4 is 0 Å². The van der Waals surface area contributed by atoms with E-state index in [1.54, 1.807) is 0 Å². The first kappa shape index (κ1) is 11.1. The fraction of sp³-hybridized carbons (Fsp3) is 0.733. The fourth-order valence-electron chi connectivity index (χ4n) is 3.49. The first-order valence-corrected chi connectivity index (χ1v) is 7.27. The topological polar surface area (TPSA) is 34.4 Å². The molecule has 0 radical (unpaired) electrons. The van der Waals surface area contributed by atoms with Crippen LogP contribution in [0.2, 0.25) is 0 Å². The number of furan rings is 1. The Morgan fingerprint density at radius 3 is 2.83 bits per heavy atom. The Morgan fingerprint density at radius 2 is 2.17 bits per heavy atom. The smallest absolute Gasteiger partial charge is 0.117 e. The van der Waals surface area contributed by atoms with Crippen molar-refractivity contribution in [2.24, 2.45) is 5.92 Å². The van der Waals surface area contributed by atoms with Crippen LogP contribution in [-0.2, 0) is 11.3 Å². The van der Waals surface area contributed by atoms with Gasteiger partial charge in [0.25, 0.3) is 0 Å². The third-order valence-corrected chi connectivity index (χ3v) is 4.80. The number of rotatable bonds is 4. The molecule has 3 nitrogen and oxygen atoms in total. The number of nitrogens with one attached hydrogen (secondary N) is 1. The molecule has 3 heteroatoms. The zero-order valence-corrected chi connectivity index (χ0v) is 10.9. The average molecular weight is 247 g/mol. The second-order valence-electron chi connectivity index (χ2n) is 6.22. The summed E-state index contributed by atoms with van der Waals surface area (Å²) in [5.41, 5.74) is 0. The van der Waals surface area contributed by atoms with Crippen molar-refractivity contribution in [2.45, 2.75) is 63.3 Å². The molecule has 1 aliphatic carbocycles. The Kier molecular flexibility index (Phi) is 2.52. The van der Waals surface area contributed by atoms with E-state index in [0.29, 0.717) is 24.2 Å². The first-order chi connectivity index (χ1) is 8.79. The maximum absolute atomic E-state index is 5.91. The summed E-state index contributed by atoms with van der Waals surface area (Å²) in [5.74, 6) is 3.76. The summed E-state index contributed by atoms with van der Waals surface area (Å²) in [6, 6.07) is 4.82. The van der Waals surface area contributed by atoms with Crippen LogP contribution >= 0.6 is 0 Å². The van der Waals surface area contributed by atoms with Crippen LogP contribution in [0.3, 0.4) is 0 Å². The van der Waals surface area contributed by atoms with Crippen molar-refractivity contribution < 1.29 is 9.15 Å². The molecule has 98 valence electrons. The van der Waals surface area contributed by atoms with Crippen molar-refractivity contribution in [1.29, 1.82) is 0 Å². The summed E-state index contributed by atoms with van der Waals surface area (Å²) >= 11 is 0. The highest BCUT2D eigenvalue weighted by Crippen LogP contribution is 2.47. The van der Waals surface area contributed by atoms with Crippen LogP contribution in [0.25, 0.3) is 0 Å². The molecule has 2 bridgehead atoms. The van der Waals surface area contributed by atoms with Gasteiger partial charge in [0.1, 0.15) is 11.5 Å². The van der Waals surface area contributed by atoms with E-state index in [1.807, 2.05) is 0 Å². The Morgan fingerprint density at radius 1 is 1.28 bits per heavy atom. The second-order valence-corrected chi connectivity index (χ2v) is 6.22. The molecule has 5 unspecified atom stereocenters. The molecule has 1 aromatic heterocycles. The van der Waals surface area contributed by atoms with Crippen molar-refractivity contribution in [1.82, 2.24) is 5.32 Å². The molecule has 0 spiro atoms. The maximum atomic E-state index is 5.91. The Bertz CT molecular complexity index is 441. The van der Waals surface area contributed by atoms with Gasteiger partial charge in [0.15, 0.2) is 0 Å². The summed E-state index contributed by atoms with van der Waals surface area (Å²) in [6.45, 7) is 3.13. The van der Waals surface area contributed by atoms with Gasteiger partial charge in [-0.1, -0.05) is 6.92 Å². The van der Waals surface area contributed by atoms with E-state index in [-0.39, 0.29) is 0 Å². The predicted octanol–water partition coefficient (Wildman–Crippen LogP) is 2.81. The molecule has 0 aromatic carbocycles. The minimum Gasteiger partial charge on any atom is -0.464 e. The number of fused-ring (bicyclic) bond motifs is 2. The van der Waals surface area contributed by atoms with Gasteiger partial charge < -0.3 is 14.5 Å². The number of ether oxygens (including phenoxy) is 1. The lowest BCUT2D eigenvalue weighted by Crippen LogP contribution is -2.36. The highest BCUT2D eigenvalue weighted by molar-refractivity contribution is 5.17. The van der Waals surface area contributed by atoms with Crippen molar-refractivity contribution in [3.63, 3.8) is 0 Å². The summed E-state index contributed by atoms with van der Waals surface area (Å²) in [7, 11) is 0. The van der Waals surface area contributed by atoms with E-state index in [1.165, 1.54) is 31.4 Å². The van der Waals surface area contributed by atoms with Gasteiger partial charge in [-0.15, -0.1) is 0 Å². The molecule has 2 saturated heterocycles. The molecule has 5 atom stereocenters. The van der Waals surface area contributed by atoms with Crippen LogP contribution in [0, 0.1) is 5.92 Å². The van der Waals surface area contributed by atoms with Gasteiger partial charge in [0, 0.05) is 12.0 Å². The lowest BCUT2D eigenvalue weighted by molar-refractivity contribution is 0.0970. The molecule has 4 rings (SSSR count). The molecular weight excluding hydrogens is 226 g/mol. The lowest BCUT2D eigenvalue weighted by atomic mass is 9.95. The zero-order valence-electron chi connectivity index (χ0n) is 10.9. The van der Waals surface area contributed by atoms with Gasteiger partial charge in [-0.3, -0.25) is 0 Å². The molecule has 18 heavy (non-hydrogen) atoms. The Labute approximate surface area is 108 Å². The van der Waals surface area contributed by atoms with Crippen LogP contribution in [0.4, 0.5) is 0 Å². The third-order valence-electron chi connectivity index (χ3n) is 4.80. The van der Waals surface area contributed by atoms with E-state index >= 15 is 0 Å². The van der Waals surface area contributed by atoms with Crippen molar-refractivity contribution in [3.05, 3.63) is 23.7 Å². The Balaban J connectivity index is 1.33. The summed E-state index contributed by atoms with van der Waals surface area (Å²) in [5, 5.41) is 3.59. The summed E-state index contributed by atoms with van der Waals surface area (Å²) in [6.07, 6.45) is 5.93. The van der Waals surface area contributed by atoms with Crippen LogP contribution in [-0.4, -0.2) is 18.2 Å². The van der Waals surface area contributed by atoms with Crippen molar-refractivity contribution in [3.8, 4) is 0 Å². The number of hydrogen-bond donors (Lipinski definition) is 1. The highest BCUT2D eigenvalue weighted by atomic mass is 16.5. The largest absolute Gasteiger partial charge is 0.464 e. The van der Waals surface area contributed by atoms with E-state index in [2.05, 4.69) is 24.4 Å². The second kappa shape index (κ2) is 4.10. The van der Waals surface area contributed by atoms with E-state index in [9.17, 15) is 0 Å². The molecular formula is C15H21NO2. The SMILES string of the molecule is CC1CC1c1ccc(CNC2CC3CCC2O3)o1. The highest BCUT2D eigenvalue weighted by Gasteiger charge is 2.40.